The molecule has 4 heteroatoms. The lowest BCUT2D eigenvalue weighted by Gasteiger charge is -2.40. The van der Waals surface area contributed by atoms with E-state index in [4.69, 9.17) is 5.73 Å². The Hall–Kier alpha value is -1.55. The van der Waals surface area contributed by atoms with Crippen molar-refractivity contribution in [3.63, 3.8) is 0 Å². The Morgan fingerprint density at radius 3 is 2.74 bits per heavy atom. The zero-order chi connectivity index (χ0) is 14.0. The topological polar surface area (TPSA) is 66.6 Å². The molecule has 0 bridgehead atoms. The first-order valence-electron chi connectivity index (χ1n) is 6.83. The number of aliphatic hydroxyl groups is 1. The Bertz CT molecular complexity index is 459. The molecule has 0 aliphatic carbocycles. The summed E-state index contributed by atoms with van der Waals surface area (Å²) in [5, 5.41) is 9.88. The number of nitrogens with zero attached hydrogens (tertiary/aromatic N) is 1. The van der Waals surface area contributed by atoms with Crippen molar-refractivity contribution in [3.05, 3.63) is 29.8 Å². The molecular formula is C15H22N2O2. The molecule has 19 heavy (non-hydrogen) atoms. The fourth-order valence-electron chi connectivity index (χ4n) is 2.78. The number of piperidine rings is 1. The minimum absolute atomic E-state index is 0.0988. The number of benzene rings is 1. The van der Waals surface area contributed by atoms with Gasteiger partial charge in [0.1, 0.15) is 0 Å². The van der Waals surface area contributed by atoms with Crippen molar-refractivity contribution in [2.45, 2.75) is 38.8 Å². The van der Waals surface area contributed by atoms with Gasteiger partial charge < -0.3 is 15.7 Å². The van der Waals surface area contributed by atoms with Crippen LogP contribution in [0, 0.1) is 5.92 Å². The number of carbonyl (C=O) groups excluding carboxylic acids is 1. The molecule has 4 nitrogen and oxygen atoms in total. The lowest BCUT2D eigenvalue weighted by atomic mass is 9.91. The predicted octanol–water partition coefficient (Wildman–Crippen LogP) is 1.83. The lowest BCUT2D eigenvalue weighted by Crippen LogP contribution is -2.46. The molecule has 3 N–H and O–H groups in total. The van der Waals surface area contributed by atoms with Gasteiger partial charge in [-0.05, 0) is 32.8 Å². The van der Waals surface area contributed by atoms with Crippen LogP contribution in [0.25, 0.3) is 0 Å². The quantitative estimate of drug-likeness (QED) is 0.873. The third kappa shape index (κ3) is 2.89. The lowest BCUT2D eigenvalue weighted by molar-refractivity contribution is -0.122. The standard InChI is InChI=1S/C15H22N2O2/c1-10-7-8-12(15(16)19)9-17(10)14-6-4-3-5-13(14)11(2)18/h3-6,10-12,18H,7-9H2,1-2H3,(H2,16,19)/t10?,11-,12?/m1/s1. The van der Waals surface area contributed by atoms with Gasteiger partial charge in [-0.3, -0.25) is 4.79 Å². The van der Waals surface area contributed by atoms with Gasteiger partial charge in [-0.15, -0.1) is 0 Å². The van der Waals surface area contributed by atoms with Gasteiger partial charge in [-0.2, -0.15) is 0 Å². The van der Waals surface area contributed by atoms with Gasteiger partial charge in [-0.1, -0.05) is 18.2 Å². The Morgan fingerprint density at radius 1 is 1.42 bits per heavy atom. The molecule has 0 spiro atoms. The molecule has 1 aromatic rings. The summed E-state index contributed by atoms with van der Waals surface area (Å²) >= 11 is 0. The van der Waals surface area contributed by atoms with Crippen molar-refractivity contribution >= 4 is 11.6 Å². The normalized spacial score (nSPS) is 25.1. The Labute approximate surface area is 114 Å². The molecule has 0 aromatic heterocycles. The summed E-state index contributed by atoms with van der Waals surface area (Å²) in [6, 6.07) is 8.17. The van der Waals surface area contributed by atoms with Gasteiger partial charge >= 0.3 is 0 Å². The van der Waals surface area contributed by atoms with Crippen LogP contribution in [0.1, 0.15) is 38.4 Å². The largest absolute Gasteiger partial charge is 0.389 e. The highest BCUT2D eigenvalue weighted by Crippen LogP contribution is 2.32. The maximum Gasteiger partial charge on any atom is 0.222 e. The molecule has 1 aromatic carbocycles. The first kappa shape index (κ1) is 13.9. The van der Waals surface area contributed by atoms with Gasteiger partial charge in [0, 0.05) is 23.8 Å². The average Bonchev–Trinajstić information content (AvgIpc) is 2.39. The van der Waals surface area contributed by atoms with E-state index in [9.17, 15) is 9.90 Å². The number of para-hydroxylation sites is 1. The summed E-state index contributed by atoms with van der Waals surface area (Å²) in [5.41, 5.74) is 7.35. The fourth-order valence-corrected chi connectivity index (χ4v) is 2.78. The van der Waals surface area contributed by atoms with Crippen LogP contribution < -0.4 is 10.6 Å². The minimum Gasteiger partial charge on any atom is -0.389 e. The Balaban J connectivity index is 2.31. The monoisotopic (exact) mass is 262 g/mol. The molecule has 1 saturated heterocycles. The zero-order valence-corrected chi connectivity index (χ0v) is 11.5. The Morgan fingerprint density at radius 2 is 2.11 bits per heavy atom. The first-order chi connectivity index (χ1) is 9.00. The van der Waals surface area contributed by atoms with Crippen molar-refractivity contribution in [1.82, 2.24) is 0 Å². The highest BCUT2D eigenvalue weighted by molar-refractivity contribution is 5.78. The SMILES string of the molecule is CC1CCC(C(N)=O)CN1c1ccccc1[C@@H](C)O. The molecule has 104 valence electrons. The van der Waals surface area contributed by atoms with Crippen LogP contribution >= 0.6 is 0 Å². The molecule has 0 radical (unpaired) electrons. The molecule has 0 saturated carbocycles. The van der Waals surface area contributed by atoms with Crippen LogP contribution in [0.2, 0.25) is 0 Å². The molecule has 1 aliphatic rings. The number of primary amides is 1. The number of hydrogen-bond acceptors (Lipinski definition) is 3. The smallest absolute Gasteiger partial charge is 0.222 e. The van der Waals surface area contributed by atoms with Crippen LogP contribution in [0.3, 0.4) is 0 Å². The number of rotatable bonds is 3. The molecule has 1 amide bonds. The average molecular weight is 262 g/mol. The van der Waals surface area contributed by atoms with Crippen molar-refractivity contribution in [2.75, 3.05) is 11.4 Å². The number of aliphatic hydroxyl groups excluding tert-OH is 1. The van der Waals surface area contributed by atoms with Crippen LogP contribution in [-0.4, -0.2) is 23.6 Å². The third-order valence-corrected chi connectivity index (χ3v) is 3.98. The minimum atomic E-state index is -0.516. The summed E-state index contributed by atoms with van der Waals surface area (Å²) in [7, 11) is 0. The second-order valence-electron chi connectivity index (χ2n) is 5.41. The van der Waals surface area contributed by atoms with E-state index in [1.807, 2.05) is 24.3 Å². The van der Waals surface area contributed by atoms with E-state index < -0.39 is 6.10 Å². The van der Waals surface area contributed by atoms with Gasteiger partial charge in [0.25, 0.3) is 0 Å². The zero-order valence-electron chi connectivity index (χ0n) is 11.5. The van der Waals surface area contributed by atoms with Gasteiger partial charge in [-0.25, -0.2) is 0 Å². The van der Waals surface area contributed by atoms with Gasteiger partial charge in [0.15, 0.2) is 0 Å². The highest BCUT2D eigenvalue weighted by atomic mass is 16.3. The van der Waals surface area contributed by atoms with E-state index >= 15 is 0 Å². The van der Waals surface area contributed by atoms with E-state index in [1.54, 1.807) is 6.92 Å². The summed E-state index contributed by atoms with van der Waals surface area (Å²) in [6.45, 7) is 4.55. The third-order valence-electron chi connectivity index (χ3n) is 3.98. The molecule has 1 aliphatic heterocycles. The van der Waals surface area contributed by atoms with Crippen LogP contribution in [-0.2, 0) is 4.79 Å². The van der Waals surface area contributed by atoms with E-state index in [2.05, 4.69) is 11.8 Å². The van der Waals surface area contributed by atoms with E-state index in [0.29, 0.717) is 12.6 Å². The van der Waals surface area contributed by atoms with Crippen molar-refractivity contribution in [3.8, 4) is 0 Å². The van der Waals surface area contributed by atoms with Crippen molar-refractivity contribution in [2.24, 2.45) is 11.7 Å². The second kappa shape index (κ2) is 5.61. The van der Waals surface area contributed by atoms with Crippen molar-refractivity contribution in [1.29, 1.82) is 0 Å². The van der Waals surface area contributed by atoms with Gasteiger partial charge in [0.05, 0.1) is 12.0 Å². The molecule has 2 rings (SSSR count). The second-order valence-corrected chi connectivity index (χ2v) is 5.41. The van der Waals surface area contributed by atoms with E-state index in [0.717, 1.165) is 24.1 Å². The number of amides is 1. The number of hydrogen-bond donors (Lipinski definition) is 2. The van der Waals surface area contributed by atoms with E-state index in [1.165, 1.54) is 0 Å². The maximum absolute atomic E-state index is 11.4. The van der Waals surface area contributed by atoms with Crippen LogP contribution in [0.5, 0.6) is 0 Å². The number of anilines is 1. The maximum atomic E-state index is 11.4. The number of carbonyl (C=O) groups is 1. The van der Waals surface area contributed by atoms with Gasteiger partial charge in [0.2, 0.25) is 5.91 Å². The summed E-state index contributed by atoms with van der Waals surface area (Å²) in [6.07, 6.45) is 1.28. The molecule has 2 unspecified atom stereocenters. The molecular weight excluding hydrogens is 240 g/mol. The number of nitrogens with two attached hydrogens (primary N) is 1. The van der Waals surface area contributed by atoms with Crippen LogP contribution in [0.4, 0.5) is 5.69 Å². The predicted molar refractivity (Wildman–Crippen MR) is 75.8 cm³/mol. The summed E-state index contributed by atoms with van der Waals surface area (Å²) in [4.78, 5) is 13.6. The summed E-state index contributed by atoms with van der Waals surface area (Å²) < 4.78 is 0. The summed E-state index contributed by atoms with van der Waals surface area (Å²) in [5.74, 6) is -0.329. The Kier molecular flexibility index (Phi) is 4.10. The van der Waals surface area contributed by atoms with Crippen LogP contribution in [0.15, 0.2) is 24.3 Å². The first-order valence-corrected chi connectivity index (χ1v) is 6.83. The molecule has 1 heterocycles. The molecule has 1 fully saturated rings. The van der Waals surface area contributed by atoms with Crippen molar-refractivity contribution < 1.29 is 9.90 Å². The fraction of sp³-hybridized carbons (Fsp3) is 0.533. The van der Waals surface area contributed by atoms with E-state index in [-0.39, 0.29) is 11.8 Å². The molecule has 3 atom stereocenters. The highest BCUT2D eigenvalue weighted by Gasteiger charge is 2.30.